The molecular formula is C18H23FN4O. The summed E-state index contributed by atoms with van der Waals surface area (Å²) in [5, 5.41) is 6.47. The molecule has 0 spiro atoms. The Hall–Kier alpha value is -2.63. The molecule has 0 aliphatic carbocycles. The normalized spacial score (nSPS) is 11.2. The summed E-state index contributed by atoms with van der Waals surface area (Å²) < 4.78 is 18.3. The van der Waals surface area contributed by atoms with E-state index >= 15 is 0 Å². The van der Waals surface area contributed by atoms with Crippen LogP contribution in [0.1, 0.15) is 18.5 Å². The average Bonchev–Trinajstić information content (AvgIpc) is 2.63. The van der Waals surface area contributed by atoms with Gasteiger partial charge in [-0.3, -0.25) is 9.98 Å². The minimum atomic E-state index is -0.254. The monoisotopic (exact) mass is 330 g/mol. The molecule has 2 aromatic rings. The summed E-state index contributed by atoms with van der Waals surface area (Å²) in [6.07, 6.45) is 3.63. The van der Waals surface area contributed by atoms with Crippen molar-refractivity contribution in [3.05, 3.63) is 60.2 Å². The molecule has 128 valence electrons. The van der Waals surface area contributed by atoms with E-state index in [-0.39, 0.29) is 5.82 Å². The van der Waals surface area contributed by atoms with Crippen LogP contribution in [0.5, 0.6) is 5.75 Å². The lowest BCUT2D eigenvalue weighted by molar-refractivity contribution is 0.306. The number of ether oxygens (including phenoxy) is 1. The van der Waals surface area contributed by atoms with Crippen LogP contribution < -0.4 is 15.4 Å². The molecule has 0 fully saturated rings. The van der Waals surface area contributed by atoms with E-state index in [1.54, 1.807) is 25.4 Å². The van der Waals surface area contributed by atoms with Crippen LogP contribution in [0.3, 0.4) is 0 Å². The fourth-order valence-corrected chi connectivity index (χ4v) is 2.05. The number of benzene rings is 1. The standard InChI is InChI=1S/C18H23FN4O/c1-20-18(23-14-16-6-2-3-11-21-16)22-12-4-5-13-24-17-9-7-15(19)8-10-17/h2-3,6-11H,4-5,12-14H2,1H3,(H2,20,22,23). The highest BCUT2D eigenvalue weighted by molar-refractivity contribution is 5.79. The predicted octanol–water partition coefficient (Wildman–Crippen LogP) is 2.74. The number of nitrogens with zero attached hydrogens (tertiary/aromatic N) is 2. The maximum Gasteiger partial charge on any atom is 0.191 e. The van der Waals surface area contributed by atoms with Crippen LogP contribution >= 0.6 is 0 Å². The maximum atomic E-state index is 12.8. The van der Waals surface area contributed by atoms with E-state index in [9.17, 15) is 4.39 Å². The summed E-state index contributed by atoms with van der Waals surface area (Å²) in [7, 11) is 1.74. The summed E-state index contributed by atoms with van der Waals surface area (Å²) >= 11 is 0. The van der Waals surface area contributed by atoms with Crippen LogP contribution in [0.15, 0.2) is 53.7 Å². The van der Waals surface area contributed by atoms with Gasteiger partial charge >= 0.3 is 0 Å². The van der Waals surface area contributed by atoms with Gasteiger partial charge in [0.1, 0.15) is 11.6 Å². The first-order valence-corrected chi connectivity index (χ1v) is 8.01. The van der Waals surface area contributed by atoms with Gasteiger partial charge in [-0.25, -0.2) is 4.39 Å². The number of rotatable bonds is 8. The van der Waals surface area contributed by atoms with Crippen molar-refractivity contribution in [2.45, 2.75) is 19.4 Å². The summed E-state index contributed by atoms with van der Waals surface area (Å²) in [5.74, 6) is 1.19. The van der Waals surface area contributed by atoms with Crippen LogP contribution in [0, 0.1) is 5.82 Å². The third-order valence-corrected chi connectivity index (χ3v) is 3.33. The highest BCUT2D eigenvalue weighted by Crippen LogP contribution is 2.11. The molecule has 6 heteroatoms. The zero-order valence-electron chi connectivity index (χ0n) is 13.8. The van der Waals surface area contributed by atoms with Crippen LogP contribution in [0.4, 0.5) is 4.39 Å². The molecule has 5 nitrogen and oxygen atoms in total. The fourth-order valence-electron chi connectivity index (χ4n) is 2.05. The molecule has 0 unspecified atom stereocenters. The minimum absolute atomic E-state index is 0.254. The highest BCUT2D eigenvalue weighted by Gasteiger charge is 1.99. The molecule has 0 aliphatic heterocycles. The fraction of sp³-hybridized carbons (Fsp3) is 0.333. The van der Waals surface area contributed by atoms with E-state index in [0.29, 0.717) is 18.9 Å². The quantitative estimate of drug-likeness (QED) is 0.444. The Morgan fingerprint density at radius 2 is 1.96 bits per heavy atom. The SMILES string of the molecule is CN=C(NCCCCOc1ccc(F)cc1)NCc1ccccn1. The summed E-state index contributed by atoms with van der Waals surface area (Å²) in [6, 6.07) is 11.9. The maximum absolute atomic E-state index is 12.8. The van der Waals surface area contributed by atoms with Crippen molar-refractivity contribution in [3.8, 4) is 5.75 Å². The Bertz CT molecular complexity index is 617. The highest BCUT2D eigenvalue weighted by atomic mass is 19.1. The smallest absolute Gasteiger partial charge is 0.191 e. The number of nitrogens with one attached hydrogen (secondary N) is 2. The number of guanidine groups is 1. The summed E-state index contributed by atoms with van der Waals surface area (Å²) in [5.41, 5.74) is 0.966. The topological polar surface area (TPSA) is 58.5 Å². The lowest BCUT2D eigenvalue weighted by atomic mass is 10.3. The van der Waals surface area contributed by atoms with Gasteiger partial charge in [0, 0.05) is 19.8 Å². The first-order valence-electron chi connectivity index (χ1n) is 8.01. The summed E-state index contributed by atoms with van der Waals surface area (Å²) in [6.45, 7) is 2.04. The Kier molecular flexibility index (Phi) is 7.53. The molecule has 1 heterocycles. The molecule has 0 bridgehead atoms. The number of aromatic nitrogens is 1. The molecule has 0 atom stereocenters. The largest absolute Gasteiger partial charge is 0.494 e. The van der Waals surface area contributed by atoms with Gasteiger partial charge in [0.25, 0.3) is 0 Å². The van der Waals surface area contributed by atoms with Crippen LogP contribution in [-0.4, -0.2) is 31.1 Å². The second-order valence-corrected chi connectivity index (χ2v) is 5.18. The van der Waals surface area contributed by atoms with E-state index in [1.807, 2.05) is 18.2 Å². The molecule has 1 aromatic carbocycles. The molecule has 0 aliphatic rings. The number of pyridine rings is 1. The molecule has 1 aromatic heterocycles. The third-order valence-electron chi connectivity index (χ3n) is 3.33. The molecule has 0 saturated carbocycles. The Morgan fingerprint density at radius 3 is 2.67 bits per heavy atom. The van der Waals surface area contributed by atoms with Crippen molar-refractivity contribution < 1.29 is 9.13 Å². The number of hydrogen-bond donors (Lipinski definition) is 2. The Labute approximate surface area is 142 Å². The number of halogens is 1. The lowest BCUT2D eigenvalue weighted by Crippen LogP contribution is -2.37. The molecule has 0 saturated heterocycles. The van der Waals surface area contributed by atoms with Gasteiger partial charge in [-0.1, -0.05) is 6.07 Å². The van der Waals surface area contributed by atoms with Crippen LogP contribution in [0.25, 0.3) is 0 Å². The third kappa shape index (κ3) is 6.64. The zero-order chi connectivity index (χ0) is 17.0. The molecule has 2 N–H and O–H groups in total. The van der Waals surface area contributed by atoms with Gasteiger partial charge in [-0.05, 0) is 49.2 Å². The molecular weight excluding hydrogens is 307 g/mol. The van der Waals surface area contributed by atoms with Crippen LogP contribution in [-0.2, 0) is 6.54 Å². The van der Waals surface area contributed by atoms with E-state index in [1.165, 1.54) is 12.1 Å². The Morgan fingerprint density at radius 1 is 1.12 bits per heavy atom. The second-order valence-electron chi connectivity index (χ2n) is 5.18. The van der Waals surface area contributed by atoms with Gasteiger partial charge in [0.2, 0.25) is 0 Å². The van der Waals surface area contributed by atoms with Crippen molar-refractivity contribution in [2.24, 2.45) is 4.99 Å². The predicted molar refractivity (Wildman–Crippen MR) is 93.6 cm³/mol. The first kappa shape index (κ1) is 17.7. The van der Waals surface area contributed by atoms with Crippen molar-refractivity contribution in [1.29, 1.82) is 0 Å². The van der Waals surface area contributed by atoms with E-state index in [4.69, 9.17) is 4.74 Å². The summed E-state index contributed by atoms with van der Waals surface area (Å²) in [4.78, 5) is 8.43. The van der Waals surface area contributed by atoms with Gasteiger partial charge in [0.15, 0.2) is 5.96 Å². The van der Waals surface area contributed by atoms with E-state index < -0.39 is 0 Å². The second kappa shape index (κ2) is 10.2. The van der Waals surface area contributed by atoms with Gasteiger partial charge in [-0.15, -0.1) is 0 Å². The first-order chi connectivity index (χ1) is 11.8. The van der Waals surface area contributed by atoms with E-state index in [2.05, 4.69) is 20.6 Å². The zero-order valence-corrected chi connectivity index (χ0v) is 13.8. The van der Waals surface area contributed by atoms with Gasteiger partial charge in [0.05, 0.1) is 18.8 Å². The van der Waals surface area contributed by atoms with Crippen molar-refractivity contribution in [1.82, 2.24) is 15.6 Å². The van der Waals surface area contributed by atoms with E-state index in [0.717, 1.165) is 31.0 Å². The lowest BCUT2D eigenvalue weighted by Gasteiger charge is -2.11. The molecule has 0 amide bonds. The number of unbranched alkanes of at least 4 members (excludes halogenated alkanes) is 1. The van der Waals surface area contributed by atoms with Crippen LogP contribution in [0.2, 0.25) is 0 Å². The molecule has 24 heavy (non-hydrogen) atoms. The Balaban J connectivity index is 1.56. The molecule has 0 radical (unpaired) electrons. The number of hydrogen-bond acceptors (Lipinski definition) is 3. The average molecular weight is 330 g/mol. The minimum Gasteiger partial charge on any atom is -0.494 e. The van der Waals surface area contributed by atoms with Crippen molar-refractivity contribution in [2.75, 3.05) is 20.2 Å². The molecule has 2 rings (SSSR count). The number of aliphatic imine (C=N–C) groups is 1. The van der Waals surface area contributed by atoms with Gasteiger partial charge < -0.3 is 15.4 Å². The van der Waals surface area contributed by atoms with Gasteiger partial charge in [-0.2, -0.15) is 0 Å². The van der Waals surface area contributed by atoms with Crippen molar-refractivity contribution in [3.63, 3.8) is 0 Å². The van der Waals surface area contributed by atoms with Crippen molar-refractivity contribution >= 4 is 5.96 Å².